The molecule has 0 fully saturated rings. The lowest BCUT2D eigenvalue weighted by Crippen LogP contribution is -2.26. The number of rotatable bonds is 2. The Bertz CT molecular complexity index is 279. The van der Waals surface area contributed by atoms with E-state index in [1.54, 1.807) is 16.8 Å². The second-order valence-electron chi connectivity index (χ2n) is 2.53. The van der Waals surface area contributed by atoms with Crippen LogP contribution in [0.5, 0.6) is 0 Å². The van der Waals surface area contributed by atoms with Crippen molar-refractivity contribution < 1.29 is 0 Å². The van der Waals surface area contributed by atoms with Crippen LogP contribution in [0.2, 0.25) is 0 Å². The number of hydrogen-bond donors (Lipinski definition) is 1. The van der Waals surface area contributed by atoms with Gasteiger partial charge in [0.2, 0.25) is 0 Å². The molecule has 0 aliphatic heterocycles. The fraction of sp³-hybridized carbons (Fsp3) is 0.375. The maximum absolute atomic E-state index is 11.1. The highest BCUT2D eigenvalue weighted by molar-refractivity contribution is 4.94. The van der Waals surface area contributed by atoms with Gasteiger partial charge in [-0.15, -0.1) is 0 Å². The highest BCUT2D eigenvalue weighted by Gasteiger charge is 2.00. The normalized spacial score (nSPS) is 12.9. The molecular formula is C8H12N2O. The lowest BCUT2D eigenvalue weighted by molar-refractivity contribution is 0.540. The SMILES string of the molecule is CC(CN)n1ccccc1=O. The minimum absolute atomic E-state index is 0.00505. The molecular weight excluding hydrogens is 140 g/mol. The lowest BCUT2D eigenvalue weighted by Gasteiger charge is -2.10. The highest BCUT2D eigenvalue weighted by atomic mass is 16.1. The Morgan fingerprint density at radius 3 is 2.91 bits per heavy atom. The predicted octanol–water partition coefficient (Wildman–Crippen LogP) is 0.368. The average Bonchev–Trinajstić information content (AvgIpc) is 2.04. The molecule has 1 aromatic rings. The number of aromatic nitrogens is 1. The Morgan fingerprint density at radius 1 is 1.64 bits per heavy atom. The maximum Gasteiger partial charge on any atom is 0.250 e. The molecule has 1 heterocycles. The van der Waals surface area contributed by atoms with Crippen molar-refractivity contribution in [3.63, 3.8) is 0 Å². The van der Waals surface area contributed by atoms with Gasteiger partial charge in [-0.3, -0.25) is 4.79 Å². The second-order valence-corrected chi connectivity index (χ2v) is 2.53. The van der Waals surface area contributed by atoms with Crippen LogP contribution in [-0.4, -0.2) is 11.1 Å². The van der Waals surface area contributed by atoms with E-state index in [1.165, 1.54) is 6.07 Å². The first-order valence-corrected chi connectivity index (χ1v) is 3.63. The summed E-state index contributed by atoms with van der Waals surface area (Å²) in [7, 11) is 0. The molecule has 0 spiro atoms. The standard InChI is InChI=1S/C8H12N2O/c1-7(6-9)10-5-3-2-4-8(10)11/h2-5,7H,6,9H2,1H3. The summed E-state index contributed by atoms with van der Waals surface area (Å²) in [6, 6.07) is 5.17. The smallest absolute Gasteiger partial charge is 0.250 e. The van der Waals surface area contributed by atoms with Gasteiger partial charge in [0.15, 0.2) is 0 Å². The van der Waals surface area contributed by atoms with Gasteiger partial charge in [0, 0.05) is 24.8 Å². The zero-order valence-electron chi connectivity index (χ0n) is 6.53. The molecule has 60 valence electrons. The van der Waals surface area contributed by atoms with Crippen molar-refractivity contribution in [2.45, 2.75) is 13.0 Å². The van der Waals surface area contributed by atoms with Crippen molar-refractivity contribution in [2.24, 2.45) is 5.73 Å². The Balaban J connectivity index is 3.03. The molecule has 1 atom stereocenters. The van der Waals surface area contributed by atoms with E-state index in [0.29, 0.717) is 6.54 Å². The van der Waals surface area contributed by atoms with E-state index < -0.39 is 0 Å². The average molecular weight is 152 g/mol. The minimum Gasteiger partial charge on any atom is -0.328 e. The summed E-state index contributed by atoms with van der Waals surface area (Å²) in [5.41, 5.74) is 5.42. The Labute approximate surface area is 65.5 Å². The fourth-order valence-electron chi connectivity index (χ4n) is 0.918. The zero-order chi connectivity index (χ0) is 8.27. The number of nitrogens with zero attached hydrogens (tertiary/aromatic N) is 1. The third kappa shape index (κ3) is 1.68. The summed E-state index contributed by atoms with van der Waals surface area (Å²) in [5, 5.41) is 0. The first kappa shape index (κ1) is 8.01. The van der Waals surface area contributed by atoms with Crippen LogP contribution in [0.15, 0.2) is 29.2 Å². The summed E-state index contributed by atoms with van der Waals surface area (Å²) >= 11 is 0. The van der Waals surface area contributed by atoms with Crippen molar-refractivity contribution >= 4 is 0 Å². The van der Waals surface area contributed by atoms with Gasteiger partial charge < -0.3 is 10.3 Å². The van der Waals surface area contributed by atoms with Crippen molar-refractivity contribution in [3.8, 4) is 0 Å². The Kier molecular flexibility index (Phi) is 2.44. The summed E-state index contributed by atoms with van der Waals surface area (Å²) in [5.74, 6) is 0. The van der Waals surface area contributed by atoms with Crippen LogP contribution in [0.3, 0.4) is 0 Å². The van der Waals surface area contributed by atoms with E-state index >= 15 is 0 Å². The van der Waals surface area contributed by atoms with Crippen molar-refractivity contribution in [3.05, 3.63) is 34.7 Å². The second kappa shape index (κ2) is 3.34. The van der Waals surface area contributed by atoms with E-state index in [4.69, 9.17) is 5.73 Å². The zero-order valence-corrected chi connectivity index (χ0v) is 6.53. The Hall–Kier alpha value is -1.09. The lowest BCUT2D eigenvalue weighted by atomic mass is 10.3. The van der Waals surface area contributed by atoms with Crippen LogP contribution in [-0.2, 0) is 0 Å². The first-order chi connectivity index (χ1) is 5.25. The molecule has 1 aromatic heterocycles. The maximum atomic E-state index is 11.1. The molecule has 0 aliphatic carbocycles. The minimum atomic E-state index is 0.00505. The van der Waals surface area contributed by atoms with Crippen LogP contribution >= 0.6 is 0 Å². The quantitative estimate of drug-likeness (QED) is 0.665. The summed E-state index contributed by atoms with van der Waals surface area (Å²) in [6.07, 6.45) is 1.75. The molecule has 0 saturated carbocycles. The van der Waals surface area contributed by atoms with E-state index in [1.807, 2.05) is 13.0 Å². The molecule has 0 amide bonds. The van der Waals surface area contributed by atoms with Gasteiger partial charge in [-0.2, -0.15) is 0 Å². The largest absolute Gasteiger partial charge is 0.328 e. The van der Waals surface area contributed by atoms with Gasteiger partial charge in [0.05, 0.1) is 0 Å². The van der Waals surface area contributed by atoms with Crippen LogP contribution in [0.25, 0.3) is 0 Å². The van der Waals surface area contributed by atoms with Crippen molar-refractivity contribution in [1.29, 1.82) is 0 Å². The van der Waals surface area contributed by atoms with Crippen LogP contribution in [0.1, 0.15) is 13.0 Å². The summed E-state index contributed by atoms with van der Waals surface area (Å²) < 4.78 is 1.62. The summed E-state index contributed by atoms with van der Waals surface area (Å²) in [4.78, 5) is 11.1. The molecule has 0 saturated heterocycles. The van der Waals surface area contributed by atoms with E-state index in [2.05, 4.69) is 0 Å². The molecule has 3 heteroatoms. The molecule has 11 heavy (non-hydrogen) atoms. The van der Waals surface area contributed by atoms with E-state index in [-0.39, 0.29) is 11.6 Å². The highest BCUT2D eigenvalue weighted by Crippen LogP contribution is 1.96. The van der Waals surface area contributed by atoms with Gasteiger partial charge in [-0.25, -0.2) is 0 Å². The van der Waals surface area contributed by atoms with Crippen LogP contribution < -0.4 is 11.3 Å². The van der Waals surface area contributed by atoms with Gasteiger partial charge in [0.1, 0.15) is 0 Å². The first-order valence-electron chi connectivity index (χ1n) is 3.63. The molecule has 2 N–H and O–H groups in total. The van der Waals surface area contributed by atoms with Gasteiger partial charge in [-0.05, 0) is 13.0 Å². The molecule has 0 bridgehead atoms. The molecule has 0 aliphatic rings. The van der Waals surface area contributed by atoms with E-state index in [0.717, 1.165) is 0 Å². The van der Waals surface area contributed by atoms with Crippen LogP contribution in [0.4, 0.5) is 0 Å². The number of nitrogens with two attached hydrogens (primary N) is 1. The summed E-state index contributed by atoms with van der Waals surface area (Å²) in [6.45, 7) is 2.41. The fourth-order valence-corrected chi connectivity index (χ4v) is 0.918. The number of pyridine rings is 1. The Morgan fingerprint density at radius 2 is 2.36 bits per heavy atom. The molecule has 1 unspecified atom stereocenters. The van der Waals surface area contributed by atoms with Gasteiger partial charge in [-0.1, -0.05) is 6.07 Å². The third-order valence-electron chi connectivity index (χ3n) is 1.67. The van der Waals surface area contributed by atoms with Crippen LogP contribution in [0, 0.1) is 0 Å². The molecule has 0 radical (unpaired) electrons. The third-order valence-corrected chi connectivity index (χ3v) is 1.67. The van der Waals surface area contributed by atoms with E-state index in [9.17, 15) is 4.79 Å². The van der Waals surface area contributed by atoms with Gasteiger partial charge >= 0.3 is 0 Å². The van der Waals surface area contributed by atoms with Gasteiger partial charge in [0.25, 0.3) is 5.56 Å². The molecule has 1 rings (SSSR count). The van der Waals surface area contributed by atoms with Crippen molar-refractivity contribution in [1.82, 2.24) is 4.57 Å². The molecule has 0 aromatic carbocycles. The predicted molar refractivity (Wildman–Crippen MR) is 44.5 cm³/mol. The topological polar surface area (TPSA) is 48.0 Å². The number of hydrogen-bond acceptors (Lipinski definition) is 2. The molecule has 3 nitrogen and oxygen atoms in total. The monoisotopic (exact) mass is 152 g/mol. The van der Waals surface area contributed by atoms with Crippen molar-refractivity contribution in [2.75, 3.05) is 6.54 Å².